The molecule has 1 atom stereocenters. The molecule has 6 heteroatoms. The van der Waals surface area contributed by atoms with E-state index in [0.717, 1.165) is 5.56 Å². The normalized spacial score (nSPS) is 17.5. The van der Waals surface area contributed by atoms with Crippen molar-refractivity contribution < 1.29 is 19.1 Å². The van der Waals surface area contributed by atoms with E-state index in [1.807, 2.05) is 11.8 Å². The van der Waals surface area contributed by atoms with Gasteiger partial charge in [0.15, 0.2) is 0 Å². The van der Waals surface area contributed by atoms with Crippen molar-refractivity contribution in [1.82, 2.24) is 10.2 Å². The van der Waals surface area contributed by atoms with Crippen LogP contribution in [0.3, 0.4) is 0 Å². The summed E-state index contributed by atoms with van der Waals surface area (Å²) in [4.78, 5) is 25.4. The number of hydrogen-bond acceptors (Lipinski definition) is 3. The number of carbonyl (C=O) groups excluding carboxylic acids is 1. The molecule has 0 aromatic heterocycles. The molecule has 1 aromatic rings. The van der Waals surface area contributed by atoms with Crippen molar-refractivity contribution in [1.29, 1.82) is 0 Å². The number of nitrogens with zero attached hydrogens (tertiary/aromatic N) is 1. The summed E-state index contributed by atoms with van der Waals surface area (Å²) in [5.41, 5.74) is 1.32. The molecular weight excluding hydrogens is 311 g/mol. The maximum Gasteiger partial charge on any atom is 0.320 e. The van der Waals surface area contributed by atoms with E-state index in [1.165, 1.54) is 6.07 Å². The van der Waals surface area contributed by atoms with Gasteiger partial charge in [0, 0.05) is 12.5 Å². The molecule has 2 N–H and O–H groups in total. The maximum absolute atomic E-state index is 13.5. The molecule has 5 nitrogen and oxygen atoms in total. The van der Waals surface area contributed by atoms with Crippen molar-refractivity contribution in [2.75, 3.05) is 13.1 Å². The van der Waals surface area contributed by atoms with Gasteiger partial charge in [0.05, 0.1) is 0 Å². The highest BCUT2D eigenvalue weighted by Gasteiger charge is 2.30. The highest BCUT2D eigenvalue weighted by molar-refractivity contribution is 5.79. The fraction of sp³-hybridized carbons (Fsp3) is 0.556. The average Bonchev–Trinajstić information content (AvgIpc) is 2.56. The van der Waals surface area contributed by atoms with Gasteiger partial charge in [0.1, 0.15) is 11.9 Å². The van der Waals surface area contributed by atoms with E-state index < -0.39 is 12.0 Å². The van der Waals surface area contributed by atoms with Gasteiger partial charge in [-0.05, 0) is 56.5 Å². The lowest BCUT2D eigenvalue weighted by atomic mass is 9.94. The quantitative estimate of drug-likeness (QED) is 0.836. The topological polar surface area (TPSA) is 69.6 Å². The van der Waals surface area contributed by atoms with Crippen LogP contribution < -0.4 is 5.32 Å². The molecule has 0 radical (unpaired) electrons. The van der Waals surface area contributed by atoms with E-state index in [-0.39, 0.29) is 17.6 Å². The zero-order chi connectivity index (χ0) is 17.7. The van der Waals surface area contributed by atoms with Crippen LogP contribution in [0.15, 0.2) is 18.2 Å². The Morgan fingerprint density at radius 3 is 2.58 bits per heavy atom. The van der Waals surface area contributed by atoms with Gasteiger partial charge < -0.3 is 10.4 Å². The van der Waals surface area contributed by atoms with Crippen LogP contribution in [-0.4, -0.2) is 41.0 Å². The molecular formula is C18H25FN2O3. The van der Waals surface area contributed by atoms with Gasteiger partial charge in [-0.1, -0.05) is 19.1 Å². The van der Waals surface area contributed by atoms with Crippen molar-refractivity contribution in [2.45, 2.75) is 45.7 Å². The number of aryl methyl sites for hydroxylation is 1. The number of aliphatic carboxylic acids is 1. The number of carboxylic acids is 1. The number of hydrogen-bond donors (Lipinski definition) is 2. The second-order valence-corrected chi connectivity index (χ2v) is 6.37. The molecule has 24 heavy (non-hydrogen) atoms. The maximum atomic E-state index is 13.5. The number of halogens is 1. The van der Waals surface area contributed by atoms with Gasteiger partial charge >= 0.3 is 5.97 Å². The Balaban J connectivity index is 1.82. The van der Waals surface area contributed by atoms with Gasteiger partial charge in [-0.3, -0.25) is 14.5 Å². The fourth-order valence-corrected chi connectivity index (χ4v) is 3.14. The lowest BCUT2D eigenvalue weighted by Gasteiger charge is -2.34. The van der Waals surface area contributed by atoms with Gasteiger partial charge in [0.2, 0.25) is 5.91 Å². The number of piperidine rings is 1. The smallest absolute Gasteiger partial charge is 0.320 e. The van der Waals surface area contributed by atoms with Crippen molar-refractivity contribution in [3.8, 4) is 0 Å². The molecule has 1 aliphatic heterocycles. The summed E-state index contributed by atoms with van der Waals surface area (Å²) in [5, 5.41) is 12.1. The van der Waals surface area contributed by atoms with Crippen molar-refractivity contribution in [2.24, 2.45) is 5.92 Å². The Labute approximate surface area is 141 Å². The standard InChI is InChI=1S/C18H25FN2O3/c1-3-16(18(23)24)21-8-6-14(7-9-21)17(22)20-11-13-5-4-12(2)15(19)10-13/h4-5,10,14,16H,3,6-9,11H2,1-2H3,(H,20,22)(H,23,24). The van der Waals surface area contributed by atoms with Crippen molar-refractivity contribution in [3.05, 3.63) is 35.1 Å². The summed E-state index contributed by atoms with van der Waals surface area (Å²) >= 11 is 0. The first-order valence-corrected chi connectivity index (χ1v) is 8.42. The fourth-order valence-electron chi connectivity index (χ4n) is 3.14. The Hall–Kier alpha value is -1.95. The van der Waals surface area contributed by atoms with Crippen molar-refractivity contribution >= 4 is 11.9 Å². The molecule has 1 fully saturated rings. The van der Waals surface area contributed by atoms with Crippen LogP contribution in [0, 0.1) is 18.7 Å². The molecule has 1 aromatic carbocycles. The number of carboxylic acid groups (broad SMARTS) is 1. The lowest BCUT2D eigenvalue weighted by Crippen LogP contribution is -2.47. The number of amides is 1. The van der Waals surface area contributed by atoms with E-state index >= 15 is 0 Å². The minimum absolute atomic E-state index is 0.0426. The Bertz CT molecular complexity index is 598. The van der Waals surface area contributed by atoms with Crippen LogP contribution in [0.2, 0.25) is 0 Å². The number of nitrogens with one attached hydrogen (secondary N) is 1. The lowest BCUT2D eigenvalue weighted by molar-refractivity contribution is -0.144. The van der Waals surface area contributed by atoms with Crippen LogP contribution in [0.25, 0.3) is 0 Å². The van der Waals surface area contributed by atoms with E-state index in [2.05, 4.69) is 5.32 Å². The zero-order valence-corrected chi connectivity index (χ0v) is 14.2. The predicted octanol–water partition coefficient (Wildman–Crippen LogP) is 2.33. The predicted molar refractivity (Wildman–Crippen MR) is 89.0 cm³/mol. The summed E-state index contributed by atoms with van der Waals surface area (Å²) in [6, 6.07) is 4.48. The third kappa shape index (κ3) is 4.54. The molecule has 1 unspecified atom stereocenters. The monoisotopic (exact) mass is 336 g/mol. The first-order valence-electron chi connectivity index (χ1n) is 8.42. The van der Waals surface area contributed by atoms with Gasteiger partial charge in [0.25, 0.3) is 0 Å². The second-order valence-electron chi connectivity index (χ2n) is 6.37. The van der Waals surface area contributed by atoms with E-state index in [4.69, 9.17) is 0 Å². The van der Waals surface area contributed by atoms with Gasteiger partial charge in [-0.2, -0.15) is 0 Å². The first kappa shape index (κ1) is 18.4. The summed E-state index contributed by atoms with van der Waals surface area (Å²) in [5.74, 6) is -1.22. The molecule has 0 saturated carbocycles. The zero-order valence-electron chi connectivity index (χ0n) is 14.2. The van der Waals surface area contributed by atoms with Crippen LogP contribution in [-0.2, 0) is 16.1 Å². The summed E-state index contributed by atoms with van der Waals surface area (Å²) in [6.45, 7) is 5.09. The molecule has 1 heterocycles. The average molecular weight is 336 g/mol. The van der Waals surface area contributed by atoms with Crippen LogP contribution in [0.1, 0.15) is 37.3 Å². The van der Waals surface area contributed by atoms with Crippen LogP contribution >= 0.6 is 0 Å². The Morgan fingerprint density at radius 2 is 2.04 bits per heavy atom. The Kier molecular flexibility index (Phi) is 6.31. The molecule has 0 spiro atoms. The van der Waals surface area contributed by atoms with Crippen molar-refractivity contribution in [3.63, 3.8) is 0 Å². The molecule has 1 aliphatic rings. The molecule has 0 bridgehead atoms. The number of likely N-dealkylation sites (tertiary alicyclic amines) is 1. The van der Waals surface area contributed by atoms with Crippen LogP contribution in [0.4, 0.5) is 4.39 Å². The summed E-state index contributed by atoms with van der Waals surface area (Å²) in [7, 11) is 0. The molecule has 1 saturated heterocycles. The van der Waals surface area contributed by atoms with E-state index in [9.17, 15) is 19.1 Å². The third-order valence-electron chi connectivity index (χ3n) is 4.72. The third-order valence-corrected chi connectivity index (χ3v) is 4.72. The highest BCUT2D eigenvalue weighted by atomic mass is 19.1. The number of rotatable bonds is 6. The second kappa shape index (κ2) is 8.24. The van der Waals surface area contributed by atoms with Crippen LogP contribution in [0.5, 0.6) is 0 Å². The number of carbonyl (C=O) groups is 2. The Morgan fingerprint density at radius 1 is 1.38 bits per heavy atom. The first-order chi connectivity index (χ1) is 11.4. The highest BCUT2D eigenvalue weighted by Crippen LogP contribution is 2.20. The molecule has 0 aliphatic carbocycles. The summed E-state index contributed by atoms with van der Waals surface area (Å²) < 4.78 is 13.5. The van der Waals surface area contributed by atoms with E-state index in [0.29, 0.717) is 44.5 Å². The molecule has 132 valence electrons. The minimum Gasteiger partial charge on any atom is -0.480 e. The molecule has 1 amide bonds. The largest absolute Gasteiger partial charge is 0.480 e. The van der Waals surface area contributed by atoms with Gasteiger partial charge in [-0.15, -0.1) is 0 Å². The minimum atomic E-state index is -0.804. The van der Waals surface area contributed by atoms with Gasteiger partial charge in [-0.25, -0.2) is 4.39 Å². The van der Waals surface area contributed by atoms with E-state index in [1.54, 1.807) is 19.1 Å². The summed E-state index contributed by atoms with van der Waals surface area (Å²) in [6.07, 6.45) is 1.86. The SMILES string of the molecule is CCC(C(=O)O)N1CCC(C(=O)NCc2ccc(C)c(F)c2)CC1. The number of benzene rings is 1. The molecule has 2 rings (SSSR count).